The lowest BCUT2D eigenvalue weighted by molar-refractivity contribution is -0.140. The quantitative estimate of drug-likeness (QED) is 0.396. The number of benzene rings is 2. The van der Waals surface area contributed by atoms with E-state index in [4.69, 9.17) is 14.2 Å². The van der Waals surface area contributed by atoms with E-state index >= 15 is 0 Å². The van der Waals surface area contributed by atoms with E-state index in [1.54, 1.807) is 8.87 Å². The smallest absolute Gasteiger partial charge is 0.307 e. The van der Waals surface area contributed by atoms with Gasteiger partial charge < -0.3 is 18.8 Å². The average molecular weight is 574 g/mol. The number of fused-ring (bicyclic) bond motifs is 2. The van der Waals surface area contributed by atoms with Crippen LogP contribution >= 0.6 is 11.3 Å². The van der Waals surface area contributed by atoms with Gasteiger partial charge in [0.15, 0.2) is 16.3 Å². The Morgan fingerprint density at radius 1 is 1.10 bits per heavy atom. The van der Waals surface area contributed by atoms with Crippen LogP contribution in [-0.2, 0) is 26.1 Å². The van der Waals surface area contributed by atoms with Crippen molar-refractivity contribution in [1.29, 1.82) is 0 Å². The molecule has 0 spiro atoms. The van der Waals surface area contributed by atoms with Crippen molar-refractivity contribution in [3.63, 3.8) is 0 Å². The normalized spacial score (nSPS) is 18.3. The van der Waals surface area contributed by atoms with E-state index in [1.165, 1.54) is 42.7 Å². The van der Waals surface area contributed by atoms with Gasteiger partial charge in [-0.3, -0.25) is 9.59 Å². The highest BCUT2D eigenvalue weighted by Crippen LogP contribution is 2.35. The lowest BCUT2D eigenvalue weighted by Crippen LogP contribution is -2.43. The van der Waals surface area contributed by atoms with Crippen LogP contribution in [0.2, 0.25) is 0 Å². The molecule has 0 aliphatic carbocycles. The molecule has 10 nitrogen and oxygen atoms in total. The highest BCUT2D eigenvalue weighted by Gasteiger charge is 2.32. The molecule has 5 rings (SSSR count). The van der Waals surface area contributed by atoms with Gasteiger partial charge in [-0.05, 0) is 43.5 Å². The van der Waals surface area contributed by atoms with Crippen LogP contribution in [0.5, 0.6) is 11.5 Å². The van der Waals surface area contributed by atoms with Crippen molar-refractivity contribution in [3.05, 3.63) is 46.8 Å². The van der Waals surface area contributed by atoms with Gasteiger partial charge >= 0.3 is 5.97 Å². The van der Waals surface area contributed by atoms with Crippen LogP contribution < -0.4 is 14.3 Å². The van der Waals surface area contributed by atoms with Crippen LogP contribution in [0, 0.1) is 0 Å². The molecule has 2 aromatic carbocycles. The van der Waals surface area contributed by atoms with Gasteiger partial charge in [-0.25, -0.2) is 8.42 Å². The largest absolute Gasteiger partial charge is 0.486 e. The summed E-state index contributed by atoms with van der Waals surface area (Å²) >= 11 is 1.29. The molecule has 0 radical (unpaired) electrons. The van der Waals surface area contributed by atoms with Crippen molar-refractivity contribution in [2.75, 3.05) is 26.9 Å². The summed E-state index contributed by atoms with van der Waals surface area (Å²) in [6.45, 7) is 3.65. The average Bonchev–Trinajstić information content (AvgIpc) is 3.29. The first-order valence-corrected chi connectivity index (χ1v) is 15.3. The Kier molecular flexibility index (Phi) is 8.06. The van der Waals surface area contributed by atoms with Gasteiger partial charge in [-0.2, -0.15) is 9.30 Å². The zero-order valence-electron chi connectivity index (χ0n) is 21.9. The molecule has 1 amide bonds. The highest BCUT2D eigenvalue weighted by molar-refractivity contribution is 7.89. The SMILES string of the molecule is CCC1CCCCN1S(=O)(=O)c1ccc(C(=O)N=c2sc3cc4c(cc3n2CCC(=O)OC)OCCO4)cc1. The van der Waals surface area contributed by atoms with E-state index in [2.05, 4.69) is 4.99 Å². The monoisotopic (exact) mass is 573 g/mol. The molecule has 0 N–H and O–H groups in total. The molecule has 2 aliphatic heterocycles. The number of hydrogen-bond acceptors (Lipinski definition) is 8. The van der Waals surface area contributed by atoms with E-state index in [0.29, 0.717) is 36.1 Å². The molecule has 0 saturated carbocycles. The number of hydrogen-bond donors (Lipinski definition) is 0. The molecule has 3 aromatic rings. The number of piperidine rings is 1. The summed E-state index contributed by atoms with van der Waals surface area (Å²) in [4.78, 5) is 30.0. The second-order valence-corrected chi connectivity index (χ2v) is 12.3. The fraction of sp³-hybridized carbons (Fsp3) is 0.444. The number of carbonyl (C=O) groups is 2. The standard InChI is InChI=1S/C27H31N3O7S2/c1-3-19-6-4-5-12-30(19)39(33,34)20-9-7-18(8-10-20)26(32)28-27-29(13-11-25(31)35-2)21-16-22-23(17-24(21)38-27)37-15-14-36-22/h7-10,16-17,19H,3-6,11-15H2,1-2H3. The molecule has 0 bridgehead atoms. The molecule has 39 heavy (non-hydrogen) atoms. The topological polar surface area (TPSA) is 117 Å². The third-order valence-corrected chi connectivity index (χ3v) is 10.1. The maximum absolute atomic E-state index is 13.3. The maximum Gasteiger partial charge on any atom is 0.307 e. The summed E-state index contributed by atoms with van der Waals surface area (Å²) in [5.74, 6) is 0.308. The van der Waals surface area contributed by atoms with Gasteiger partial charge in [0.1, 0.15) is 13.2 Å². The maximum atomic E-state index is 13.3. The van der Waals surface area contributed by atoms with E-state index in [-0.39, 0.29) is 35.4 Å². The molecule has 3 heterocycles. The van der Waals surface area contributed by atoms with Crippen molar-refractivity contribution < 1.29 is 32.2 Å². The van der Waals surface area contributed by atoms with Crippen molar-refractivity contribution in [1.82, 2.24) is 8.87 Å². The number of rotatable bonds is 7. The minimum Gasteiger partial charge on any atom is -0.486 e. The summed E-state index contributed by atoms with van der Waals surface area (Å²) in [6.07, 6.45) is 3.59. The number of aromatic nitrogens is 1. The summed E-state index contributed by atoms with van der Waals surface area (Å²) in [5, 5.41) is 0. The number of nitrogens with zero attached hydrogens (tertiary/aromatic N) is 3. The van der Waals surface area contributed by atoms with Gasteiger partial charge in [0.05, 0.1) is 28.6 Å². The van der Waals surface area contributed by atoms with Crippen molar-refractivity contribution >= 4 is 43.5 Å². The highest BCUT2D eigenvalue weighted by atomic mass is 32.2. The molecule has 1 aromatic heterocycles. The molecule has 1 unspecified atom stereocenters. The summed E-state index contributed by atoms with van der Waals surface area (Å²) < 4.78 is 47.0. The number of esters is 1. The Morgan fingerprint density at radius 3 is 2.51 bits per heavy atom. The molecule has 12 heteroatoms. The van der Waals surface area contributed by atoms with Crippen molar-refractivity contribution in [2.45, 2.75) is 56.5 Å². The molecule has 1 atom stereocenters. The van der Waals surface area contributed by atoms with E-state index in [9.17, 15) is 18.0 Å². The lowest BCUT2D eigenvalue weighted by atomic mass is 10.0. The van der Waals surface area contributed by atoms with Crippen LogP contribution in [0.25, 0.3) is 10.2 Å². The zero-order valence-corrected chi connectivity index (χ0v) is 23.6. The summed E-state index contributed by atoms with van der Waals surface area (Å²) in [6, 6.07) is 9.60. The van der Waals surface area contributed by atoms with Crippen molar-refractivity contribution in [3.8, 4) is 11.5 Å². The third kappa shape index (κ3) is 5.59. The van der Waals surface area contributed by atoms with Crippen LogP contribution in [0.3, 0.4) is 0 Å². The molecular weight excluding hydrogens is 542 g/mol. The lowest BCUT2D eigenvalue weighted by Gasteiger charge is -2.34. The number of carbonyl (C=O) groups excluding carboxylic acids is 2. The predicted molar refractivity (Wildman–Crippen MR) is 146 cm³/mol. The predicted octanol–water partition coefficient (Wildman–Crippen LogP) is 3.73. The Hall–Kier alpha value is -3.22. The summed E-state index contributed by atoms with van der Waals surface area (Å²) in [7, 11) is -2.33. The van der Waals surface area contributed by atoms with Crippen molar-refractivity contribution in [2.24, 2.45) is 4.99 Å². The van der Waals surface area contributed by atoms with Gasteiger partial charge in [-0.1, -0.05) is 24.7 Å². The molecule has 2 aliphatic rings. The van der Waals surface area contributed by atoms with Crippen LogP contribution in [0.15, 0.2) is 46.3 Å². The number of ether oxygens (including phenoxy) is 3. The fourth-order valence-corrected chi connectivity index (χ4v) is 7.80. The Balaban J connectivity index is 1.47. The first kappa shape index (κ1) is 27.4. The first-order valence-electron chi connectivity index (χ1n) is 13.0. The molecule has 1 saturated heterocycles. The van der Waals surface area contributed by atoms with Crippen LogP contribution in [0.4, 0.5) is 0 Å². The third-order valence-electron chi connectivity index (χ3n) is 7.06. The van der Waals surface area contributed by atoms with Gasteiger partial charge in [0.25, 0.3) is 5.91 Å². The molecule has 1 fully saturated rings. The molecular formula is C27H31N3O7S2. The van der Waals surface area contributed by atoms with Gasteiger partial charge in [-0.15, -0.1) is 0 Å². The van der Waals surface area contributed by atoms with Gasteiger partial charge in [0, 0.05) is 36.8 Å². The van der Waals surface area contributed by atoms with Gasteiger partial charge in [0.2, 0.25) is 10.0 Å². The molecule has 208 valence electrons. The van der Waals surface area contributed by atoms with E-state index in [0.717, 1.165) is 35.9 Å². The zero-order chi connectivity index (χ0) is 27.6. The minimum absolute atomic E-state index is 0.00470. The van der Waals surface area contributed by atoms with E-state index < -0.39 is 15.9 Å². The number of thiazole rings is 1. The van der Waals surface area contributed by atoms with E-state index in [1.807, 2.05) is 19.1 Å². The number of amides is 1. The number of sulfonamides is 1. The van der Waals surface area contributed by atoms with Crippen LogP contribution in [-0.4, -0.2) is 62.1 Å². The first-order chi connectivity index (χ1) is 18.8. The fourth-order valence-electron chi connectivity index (χ4n) is 4.97. The second-order valence-electron chi connectivity index (χ2n) is 9.44. The Labute approximate surface area is 230 Å². The van der Waals surface area contributed by atoms with Crippen LogP contribution in [0.1, 0.15) is 49.4 Å². The Morgan fingerprint density at radius 2 is 1.82 bits per heavy atom. The second kappa shape index (κ2) is 11.5. The number of methoxy groups -OCH3 is 1. The Bertz CT molecular complexity index is 1560. The number of aryl methyl sites for hydroxylation is 1. The minimum atomic E-state index is -3.65. The summed E-state index contributed by atoms with van der Waals surface area (Å²) in [5.41, 5.74) is 1.02.